The van der Waals surface area contributed by atoms with Crippen LogP contribution in [0, 0.1) is 12.7 Å². The maximum atomic E-state index is 12.8. The predicted molar refractivity (Wildman–Crippen MR) is 61.4 cm³/mol. The van der Waals surface area contributed by atoms with E-state index in [9.17, 15) is 9.18 Å². The summed E-state index contributed by atoms with van der Waals surface area (Å²) >= 11 is 1.32. The molecular weight excluding hydrogens is 243 g/mol. The lowest BCUT2D eigenvalue weighted by Crippen LogP contribution is -2.03. The molecule has 0 aromatic carbocycles. The SMILES string of the molecule is COC(=O)c1nc(C)sc1-c1ccc(F)cn1. The van der Waals surface area contributed by atoms with Crippen molar-refractivity contribution in [3.8, 4) is 10.6 Å². The lowest BCUT2D eigenvalue weighted by atomic mass is 10.2. The summed E-state index contributed by atoms with van der Waals surface area (Å²) in [5.74, 6) is -0.940. The number of aromatic nitrogens is 2. The molecule has 6 heteroatoms. The lowest BCUT2D eigenvalue weighted by molar-refractivity contribution is 0.0595. The number of ether oxygens (including phenoxy) is 1. The summed E-state index contributed by atoms with van der Waals surface area (Å²) in [7, 11) is 1.29. The van der Waals surface area contributed by atoms with Gasteiger partial charge in [-0.3, -0.25) is 4.98 Å². The van der Waals surface area contributed by atoms with Crippen molar-refractivity contribution < 1.29 is 13.9 Å². The fourth-order valence-corrected chi connectivity index (χ4v) is 2.23. The second kappa shape index (κ2) is 4.58. The third kappa shape index (κ3) is 2.31. The van der Waals surface area contributed by atoms with E-state index in [4.69, 9.17) is 0 Å². The molecule has 0 N–H and O–H groups in total. The number of nitrogens with zero attached hydrogens (tertiary/aromatic N) is 2. The number of halogens is 1. The molecule has 0 aliphatic carbocycles. The van der Waals surface area contributed by atoms with Crippen LogP contribution in [0.15, 0.2) is 18.3 Å². The molecule has 0 atom stereocenters. The maximum absolute atomic E-state index is 12.8. The first-order valence-corrected chi connectivity index (χ1v) is 5.61. The Morgan fingerprint density at radius 2 is 2.24 bits per heavy atom. The van der Waals surface area contributed by atoms with Gasteiger partial charge in [0.15, 0.2) is 5.69 Å². The fraction of sp³-hybridized carbons (Fsp3) is 0.182. The molecular formula is C11H9FN2O2S. The highest BCUT2D eigenvalue weighted by atomic mass is 32.1. The maximum Gasteiger partial charge on any atom is 0.358 e. The van der Waals surface area contributed by atoms with Crippen LogP contribution in [0.4, 0.5) is 4.39 Å². The number of thiazole rings is 1. The number of carbonyl (C=O) groups is 1. The molecule has 2 heterocycles. The van der Waals surface area contributed by atoms with Gasteiger partial charge in [-0.05, 0) is 19.1 Å². The Hall–Kier alpha value is -1.82. The minimum atomic E-state index is -0.518. The third-order valence-corrected chi connectivity index (χ3v) is 3.07. The zero-order valence-electron chi connectivity index (χ0n) is 9.23. The molecule has 0 saturated carbocycles. The first-order valence-electron chi connectivity index (χ1n) is 4.79. The first-order chi connectivity index (χ1) is 8.11. The van der Waals surface area contributed by atoms with Gasteiger partial charge in [0.1, 0.15) is 5.82 Å². The monoisotopic (exact) mass is 252 g/mol. The average molecular weight is 252 g/mol. The molecule has 17 heavy (non-hydrogen) atoms. The number of hydrogen-bond donors (Lipinski definition) is 0. The molecule has 88 valence electrons. The van der Waals surface area contributed by atoms with E-state index in [1.165, 1.54) is 30.6 Å². The first kappa shape index (κ1) is 11.7. The predicted octanol–water partition coefficient (Wildman–Crippen LogP) is 2.44. The van der Waals surface area contributed by atoms with Gasteiger partial charge < -0.3 is 4.74 Å². The summed E-state index contributed by atoms with van der Waals surface area (Å²) in [6.45, 7) is 1.78. The summed E-state index contributed by atoms with van der Waals surface area (Å²) in [6, 6.07) is 2.80. The van der Waals surface area contributed by atoms with Gasteiger partial charge in [-0.25, -0.2) is 14.2 Å². The number of pyridine rings is 1. The summed E-state index contributed by atoms with van der Waals surface area (Å²) in [5, 5.41) is 0.728. The molecule has 0 fully saturated rings. The molecule has 0 radical (unpaired) electrons. The zero-order chi connectivity index (χ0) is 12.4. The van der Waals surface area contributed by atoms with E-state index in [1.54, 1.807) is 6.92 Å². The van der Waals surface area contributed by atoms with Crippen LogP contribution in [0.1, 0.15) is 15.5 Å². The van der Waals surface area contributed by atoms with Crippen LogP contribution >= 0.6 is 11.3 Å². The van der Waals surface area contributed by atoms with E-state index in [1.807, 2.05) is 0 Å². The van der Waals surface area contributed by atoms with Crippen molar-refractivity contribution >= 4 is 17.3 Å². The van der Waals surface area contributed by atoms with Crippen molar-refractivity contribution in [1.82, 2.24) is 9.97 Å². The highest BCUT2D eigenvalue weighted by Crippen LogP contribution is 2.29. The normalized spacial score (nSPS) is 10.3. The number of rotatable bonds is 2. The number of aryl methyl sites for hydroxylation is 1. The van der Waals surface area contributed by atoms with E-state index in [0.29, 0.717) is 10.6 Å². The van der Waals surface area contributed by atoms with Crippen LogP contribution in [-0.2, 0) is 4.74 Å². The van der Waals surface area contributed by atoms with E-state index < -0.39 is 11.8 Å². The molecule has 0 bridgehead atoms. The molecule has 0 saturated heterocycles. The van der Waals surface area contributed by atoms with Gasteiger partial charge in [-0.15, -0.1) is 11.3 Å². The molecule has 0 aliphatic rings. The Kier molecular flexibility index (Phi) is 3.14. The summed E-state index contributed by atoms with van der Waals surface area (Å²) in [5.41, 5.74) is 0.728. The van der Waals surface area contributed by atoms with Gasteiger partial charge in [-0.2, -0.15) is 0 Å². The molecule has 2 aromatic heterocycles. The van der Waals surface area contributed by atoms with Crippen LogP contribution in [0.3, 0.4) is 0 Å². The van der Waals surface area contributed by atoms with Gasteiger partial charge >= 0.3 is 5.97 Å². The summed E-state index contributed by atoms with van der Waals surface area (Å²) < 4.78 is 17.4. The standard InChI is InChI=1S/C11H9FN2O2S/c1-6-14-9(11(15)16-2)10(17-6)8-4-3-7(12)5-13-8/h3-5H,1-2H3. The van der Waals surface area contributed by atoms with Crippen molar-refractivity contribution in [2.75, 3.05) is 7.11 Å². The van der Waals surface area contributed by atoms with E-state index >= 15 is 0 Å². The van der Waals surface area contributed by atoms with Crippen molar-refractivity contribution in [3.05, 3.63) is 34.8 Å². The van der Waals surface area contributed by atoms with Crippen LogP contribution in [0.25, 0.3) is 10.6 Å². The Bertz CT molecular complexity index is 551. The third-order valence-electron chi connectivity index (χ3n) is 2.07. The van der Waals surface area contributed by atoms with Crippen LogP contribution in [-0.4, -0.2) is 23.0 Å². The molecule has 0 unspecified atom stereocenters. The lowest BCUT2D eigenvalue weighted by Gasteiger charge is -1.99. The Balaban J connectivity index is 2.51. The fourth-order valence-electron chi connectivity index (χ4n) is 1.35. The quantitative estimate of drug-likeness (QED) is 0.770. The van der Waals surface area contributed by atoms with Gasteiger partial charge in [0.25, 0.3) is 0 Å². The topological polar surface area (TPSA) is 52.1 Å². The molecule has 0 amide bonds. The summed E-state index contributed by atoms with van der Waals surface area (Å²) in [6.07, 6.45) is 1.10. The van der Waals surface area contributed by atoms with Crippen molar-refractivity contribution in [3.63, 3.8) is 0 Å². The van der Waals surface area contributed by atoms with Crippen molar-refractivity contribution in [2.45, 2.75) is 6.92 Å². The van der Waals surface area contributed by atoms with Crippen LogP contribution in [0.2, 0.25) is 0 Å². The molecule has 0 aliphatic heterocycles. The largest absolute Gasteiger partial charge is 0.464 e. The Morgan fingerprint density at radius 3 is 2.82 bits per heavy atom. The molecule has 0 spiro atoms. The zero-order valence-corrected chi connectivity index (χ0v) is 10.0. The number of esters is 1. The van der Waals surface area contributed by atoms with Crippen molar-refractivity contribution in [2.24, 2.45) is 0 Å². The van der Waals surface area contributed by atoms with Gasteiger partial charge in [0.05, 0.1) is 28.9 Å². The van der Waals surface area contributed by atoms with E-state index in [0.717, 1.165) is 11.2 Å². The minimum absolute atomic E-state index is 0.217. The number of methoxy groups -OCH3 is 1. The highest BCUT2D eigenvalue weighted by molar-refractivity contribution is 7.15. The number of carbonyl (C=O) groups excluding carboxylic acids is 1. The van der Waals surface area contributed by atoms with Gasteiger partial charge in [-0.1, -0.05) is 0 Å². The highest BCUT2D eigenvalue weighted by Gasteiger charge is 2.19. The second-order valence-electron chi connectivity index (χ2n) is 3.26. The molecule has 4 nitrogen and oxygen atoms in total. The number of hydrogen-bond acceptors (Lipinski definition) is 5. The average Bonchev–Trinajstić information content (AvgIpc) is 2.71. The molecule has 2 rings (SSSR count). The second-order valence-corrected chi connectivity index (χ2v) is 4.47. The van der Waals surface area contributed by atoms with Crippen LogP contribution < -0.4 is 0 Å². The Labute approximate surface area is 101 Å². The Morgan fingerprint density at radius 1 is 1.47 bits per heavy atom. The van der Waals surface area contributed by atoms with E-state index in [2.05, 4.69) is 14.7 Å². The van der Waals surface area contributed by atoms with Gasteiger partial charge in [0.2, 0.25) is 0 Å². The van der Waals surface area contributed by atoms with Gasteiger partial charge in [0, 0.05) is 0 Å². The smallest absolute Gasteiger partial charge is 0.358 e. The summed E-state index contributed by atoms with van der Waals surface area (Å²) in [4.78, 5) is 20.1. The molecule has 2 aromatic rings. The van der Waals surface area contributed by atoms with Crippen LogP contribution in [0.5, 0.6) is 0 Å². The van der Waals surface area contributed by atoms with E-state index in [-0.39, 0.29) is 5.69 Å². The minimum Gasteiger partial charge on any atom is -0.464 e. The van der Waals surface area contributed by atoms with Crippen molar-refractivity contribution in [1.29, 1.82) is 0 Å².